The number of fused-ring (bicyclic) bond motifs is 1. The summed E-state index contributed by atoms with van der Waals surface area (Å²) in [6.45, 7) is 2.99. The van der Waals surface area contributed by atoms with Gasteiger partial charge in [0.25, 0.3) is 5.91 Å². The Balaban J connectivity index is 1.36. The van der Waals surface area contributed by atoms with Gasteiger partial charge in [0, 0.05) is 37.0 Å². The van der Waals surface area contributed by atoms with Crippen LogP contribution in [-0.4, -0.2) is 46.0 Å². The molecule has 4 rings (SSSR count). The van der Waals surface area contributed by atoms with Gasteiger partial charge in [-0.15, -0.1) is 0 Å². The smallest absolute Gasteiger partial charge is 0.251 e. The minimum Gasteiger partial charge on any atom is -0.349 e. The summed E-state index contributed by atoms with van der Waals surface area (Å²) in [6.07, 6.45) is 5.55. The maximum Gasteiger partial charge on any atom is 0.251 e. The van der Waals surface area contributed by atoms with Crippen molar-refractivity contribution in [3.05, 3.63) is 65.4 Å². The van der Waals surface area contributed by atoms with Crippen LogP contribution in [0.25, 0.3) is 23.1 Å². The van der Waals surface area contributed by atoms with Gasteiger partial charge >= 0.3 is 0 Å². The summed E-state index contributed by atoms with van der Waals surface area (Å²) in [6, 6.07) is 15.6. The molecular formula is C23H24N4O2. The van der Waals surface area contributed by atoms with E-state index in [0.29, 0.717) is 18.7 Å². The molecule has 1 aliphatic rings. The zero-order chi connectivity index (χ0) is 20.2. The van der Waals surface area contributed by atoms with Gasteiger partial charge in [0.1, 0.15) is 0 Å². The first-order valence-electron chi connectivity index (χ1n) is 9.88. The van der Waals surface area contributed by atoms with Crippen LogP contribution in [0.15, 0.2) is 48.5 Å². The minimum atomic E-state index is -0.0694. The summed E-state index contributed by atoms with van der Waals surface area (Å²) in [5, 5.41) is 11.5. The number of carbonyl (C=O) groups is 2. The first-order valence-corrected chi connectivity index (χ1v) is 9.88. The summed E-state index contributed by atoms with van der Waals surface area (Å²) in [5.41, 5.74) is 3.54. The van der Waals surface area contributed by atoms with Crippen molar-refractivity contribution in [3.63, 3.8) is 0 Å². The molecule has 2 N–H and O–H groups in total. The highest BCUT2D eigenvalue weighted by atomic mass is 16.2. The van der Waals surface area contributed by atoms with Crippen molar-refractivity contribution in [1.29, 1.82) is 0 Å². The van der Waals surface area contributed by atoms with E-state index in [9.17, 15) is 9.59 Å². The van der Waals surface area contributed by atoms with Crippen LogP contribution in [-0.2, 0) is 4.79 Å². The number of likely N-dealkylation sites (tertiary alicyclic amines) is 1. The van der Waals surface area contributed by atoms with E-state index in [1.807, 2.05) is 65.6 Å². The lowest BCUT2D eigenvalue weighted by atomic mass is 10.0. The quantitative estimate of drug-likeness (QED) is 0.718. The second kappa shape index (κ2) is 8.31. The molecular weight excluding hydrogens is 364 g/mol. The number of amides is 2. The van der Waals surface area contributed by atoms with Crippen LogP contribution in [0.4, 0.5) is 0 Å². The van der Waals surface area contributed by atoms with E-state index >= 15 is 0 Å². The van der Waals surface area contributed by atoms with Gasteiger partial charge in [-0.1, -0.05) is 36.4 Å². The molecule has 2 amide bonds. The highest BCUT2D eigenvalue weighted by Gasteiger charge is 2.22. The van der Waals surface area contributed by atoms with Gasteiger partial charge in [0.15, 0.2) is 0 Å². The van der Waals surface area contributed by atoms with E-state index < -0.39 is 0 Å². The highest BCUT2D eigenvalue weighted by Crippen LogP contribution is 2.18. The molecule has 6 nitrogen and oxygen atoms in total. The van der Waals surface area contributed by atoms with E-state index in [-0.39, 0.29) is 17.9 Å². The van der Waals surface area contributed by atoms with Gasteiger partial charge in [-0.2, -0.15) is 5.10 Å². The van der Waals surface area contributed by atoms with Crippen molar-refractivity contribution in [2.75, 3.05) is 13.1 Å². The number of hydrogen-bond acceptors (Lipinski definition) is 3. The molecule has 3 aromatic rings. The average molecular weight is 388 g/mol. The third-order valence-electron chi connectivity index (χ3n) is 5.38. The van der Waals surface area contributed by atoms with Crippen LogP contribution in [0.1, 0.15) is 41.4 Å². The molecule has 0 radical (unpaired) electrons. The number of para-hydroxylation sites is 1. The molecule has 2 aromatic carbocycles. The molecule has 0 saturated carbocycles. The predicted molar refractivity (Wildman–Crippen MR) is 114 cm³/mol. The average Bonchev–Trinajstić information content (AvgIpc) is 3.16. The highest BCUT2D eigenvalue weighted by molar-refractivity contribution is 5.95. The molecule has 6 heteroatoms. The Morgan fingerprint density at radius 2 is 1.79 bits per heavy atom. The predicted octanol–water partition coefficient (Wildman–Crippen LogP) is 3.47. The fourth-order valence-electron chi connectivity index (χ4n) is 3.64. The summed E-state index contributed by atoms with van der Waals surface area (Å²) in [7, 11) is 0. The number of carbonyl (C=O) groups excluding carboxylic acids is 2. The number of H-pyrrole nitrogens is 1. The first kappa shape index (κ1) is 18.9. The molecule has 29 heavy (non-hydrogen) atoms. The molecule has 0 spiro atoms. The molecule has 1 fully saturated rings. The van der Waals surface area contributed by atoms with E-state index in [4.69, 9.17) is 0 Å². The molecule has 0 atom stereocenters. The number of nitrogens with one attached hydrogen (secondary N) is 2. The van der Waals surface area contributed by atoms with Crippen molar-refractivity contribution in [1.82, 2.24) is 20.4 Å². The van der Waals surface area contributed by atoms with Crippen LogP contribution in [0.3, 0.4) is 0 Å². The Labute approximate surface area is 169 Å². The molecule has 1 aromatic heterocycles. The molecule has 0 unspecified atom stereocenters. The number of piperidine rings is 1. The summed E-state index contributed by atoms with van der Waals surface area (Å²) in [5.74, 6) is 0.0290. The second-order valence-electron chi connectivity index (χ2n) is 7.36. The number of hydrogen-bond donors (Lipinski definition) is 2. The zero-order valence-electron chi connectivity index (χ0n) is 16.4. The Morgan fingerprint density at radius 3 is 2.52 bits per heavy atom. The van der Waals surface area contributed by atoms with E-state index in [1.165, 1.54) is 0 Å². The molecule has 0 aliphatic carbocycles. The van der Waals surface area contributed by atoms with Crippen LogP contribution >= 0.6 is 0 Å². The summed E-state index contributed by atoms with van der Waals surface area (Å²) >= 11 is 0. The topological polar surface area (TPSA) is 78.1 Å². The standard InChI is InChI=1S/C23H24N4O2/c1-16(28)27-14-12-19(13-15-27)24-23(29)18-9-6-17(7-10-18)8-11-22-20-4-2-3-5-21(20)25-26-22/h2-11,19H,12-15H2,1H3,(H,24,29)(H,25,26)/b11-8+. The van der Waals surface area contributed by atoms with E-state index in [1.54, 1.807) is 6.92 Å². The Bertz CT molecular complexity index is 1040. The lowest BCUT2D eigenvalue weighted by Gasteiger charge is -2.31. The van der Waals surface area contributed by atoms with Gasteiger partial charge in [-0.05, 0) is 42.7 Å². The number of aromatic amines is 1. The largest absolute Gasteiger partial charge is 0.349 e. The maximum atomic E-state index is 12.5. The summed E-state index contributed by atoms with van der Waals surface area (Å²) in [4.78, 5) is 25.7. The van der Waals surface area contributed by atoms with Crippen LogP contribution in [0.2, 0.25) is 0 Å². The number of nitrogens with zero attached hydrogens (tertiary/aromatic N) is 2. The lowest BCUT2D eigenvalue weighted by Crippen LogP contribution is -2.45. The van der Waals surface area contributed by atoms with Crippen molar-refractivity contribution in [2.24, 2.45) is 0 Å². The summed E-state index contributed by atoms with van der Waals surface area (Å²) < 4.78 is 0. The van der Waals surface area contributed by atoms with Crippen molar-refractivity contribution in [2.45, 2.75) is 25.8 Å². The van der Waals surface area contributed by atoms with E-state index in [0.717, 1.165) is 35.0 Å². The Kier molecular flexibility index (Phi) is 5.42. The second-order valence-corrected chi connectivity index (χ2v) is 7.36. The van der Waals surface area contributed by atoms with Gasteiger partial charge in [-0.25, -0.2) is 0 Å². The first-order chi connectivity index (χ1) is 14.1. The molecule has 0 bridgehead atoms. The lowest BCUT2D eigenvalue weighted by molar-refractivity contribution is -0.129. The third kappa shape index (κ3) is 4.37. The van der Waals surface area contributed by atoms with E-state index in [2.05, 4.69) is 15.5 Å². The zero-order valence-corrected chi connectivity index (χ0v) is 16.4. The van der Waals surface area contributed by atoms with Gasteiger partial charge < -0.3 is 10.2 Å². The maximum absolute atomic E-state index is 12.5. The van der Waals surface area contributed by atoms with Gasteiger partial charge in [0.2, 0.25) is 5.91 Å². The number of benzene rings is 2. The monoisotopic (exact) mass is 388 g/mol. The fraction of sp³-hybridized carbons (Fsp3) is 0.261. The molecule has 1 aliphatic heterocycles. The number of rotatable bonds is 4. The van der Waals surface area contributed by atoms with Crippen LogP contribution in [0.5, 0.6) is 0 Å². The fourth-order valence-corrected chi connectivity index (χ4v) is 3.64. The third-order valence-corrected chi connectivity index (χ3v) is 5.38. The van der Waals surface area contributed by atoms with Crippen LogP contribution < -0.4 is 5.32 Å². The molecule has 148 valence electrons. The Hall–Kier alpha value is -3.41. The van der Waals surface area contributed by atoms with Crippen molar-refractivity contribution < 1.29 is 9.59 Å². The van der Waals surface area contributed by atoms with Gasteiger partial charge in [-0.3, -0.25) is 14.7 Å². The van der Waals surface area contributed by atoms with Crippen molar-refractivity contribution in [3.8, 4) is 0 Å². The van der Waals surface area contributed by atoms with Gasteiger partial charge in [0.05, 0.1) is 11.2 Å². The number of aromatic nitrogens is 2. The molecule has 1 saturated heterocycles. The molecule has 2 heterocycles. The van der Waals surface area contributed by atoms with Crippen molar-refractivity contribution >= 4 is 34.9 Å². The normalized spacial score (nSPS) is 15.1. The Morgan fingerprint density at radius 1 is 1.07 bits per heavy atom. The SMILES string of the molecule is CC(=O)N1CCC(NC(=O)c2ccc(/C=C/c3n[nH]c4ccccc34)cc2)CC1. The van der Waals surface area contributed by atoms with Crippen LogP contribution in [0, 0.1) is 0 Å². The minimum absolute atomic E-state index is 0.0694.